The number of ether oxygens (including phenoxy) is 1. The molecule has 1 heterocycles. The number of imidazole rings is 1. The maximum Gasteiger partial charge on any atom is 0.265 e. The Morgan fingerprint density at radius 3 is 2.04 bits per heavy atom. The average Bonchev–Trinajstić information content (AvgIpc) is 3.02. The smallest absolute Gasteiger partial charge is 0.265 e. The lowest BCUT2D eigenvalue weighted by Gasteiger charge is -2.36. The number of hydrogen-bond acceptors (Lipinski definition) is 3. The van der Waals surface area contributed by atoms with Gasteiger partial charge in [0.15, 0.2) is 0 Å². The van der Waals surface area contributed by atoms with Gasteiger partial charge in [-0.2, -0.15) is 0 Å². The fraction of sp³-hybridized carbons (Fsp3) is 0.824. The summed E-state index contributed by atoms with van der Waals surface area (Å²) in [6.07, 6.45) is 3.63. The van der Waals surface area contributed by atoms with Crippen LogP contribution in [-0.2, 0) is 16.0 Å². The number of hydrogen-bond donors (Lipinski definition) is 0. The van der Waals surface area contributed by atoms with Gasteiger partial charge in [0.1, 0.15) is 12.2 Å². The van der Waals surface area contributed by atoms with Crippen LogP contribution in [0.15, 0.2) is 12.5 Å². The second-order valence-corrected chi connectivity index (χ2v) is 15.7. The fourth-order valence-electron chi connectivity index (χ4n) is 2.80. The number of aromatic nitrogens is 2. The quantitative estimate of drug-likeness (QED) is 0.310. The molecule has 0 fully saturated rings. The van der Waals surface area contributed by atoms with Gasteiger partial charge in [-0.1, -0.05) is 47.3 Å². The van der Waals surface area contributed by atoms with Gasteiger partial charge in [-0.05, 0) is 6.04 Å². The van der Waals surface area contributed by atoms with E-state index in [1.165, 1.54) is 0 Å². The van der Waals surface area contributed by atoms with Crippen molar-refractivity contribution in [3.63, 3.8) is 0 Å². The lowest BCUT2D eigenvalue weighted by molar-refractivity contribution is 0.0872. The van der Waals surface area contributed by atoms with E-state index in [1.54, 1.807) is 6.33 Å². The average molecular weight is 389 g/mol. The van der Waals surface area contributed by atoms with Gasteiger partial charge >= 0.3 is 0 Å². The first-order chi connectivity index (χ1) is 11.7. The van der Waals surface area contributed by atoms with Gasteiger partial charge in [0, 0.05) is 47.1 Å². The van der Waals surface area contributed by atoms with E-state index < -0.39 is 15.5 Å². The maximum atomic E-state index is 14.0. The molecule has 6 nitrogen and oxygen atoms in total. The summed E-state index contributed by atoms with van der Waals surface area (Å²) in [5, 5.41) is 0. The highest BCUT2D eigenvalue weighted by molar-refractivity contribution is 7.66. The molecule has 1 aromatic rings. The minimum Gasteiger partial charge on any atom is -0.361 e. The molecule has 1 aromatic heterocycles. The van der Waals surface area contributed by atoms with Crippen LogP contribution in [-0.4, -0.2) is 59.8 Å². The zero-order chi connectivity index (χ0) is 19.1. The topological polar surface area (TPSA) is 50.6 Å². The molecule has 0 bridgehead atoms. The van der Waals surface area contributed by atoms with Crippen LogP contribution in [0.25, 0.3) is 0 Å². The summed E-state index contributed by atoms with van der Waals surface area (Å²) in [5.74, 6) is 0. The number of rotatable bonds is 12. The molecule has 0 aliphatic heterocycles. The van der Waals surface area contributed by atoms with Crippen molar-refractivity contribution in [1.82, 2.24) is 18.9 Å². The molecule has 0 aliphatic rings. The maximum absolute atomic E-state index is 14.0. The molecule has 1 rings (SSSR count). The van der Waals surface area contributed by atoms with Crippen molar-refractivity contribution in [3.05, 3.63) is 12.5 Å². The molecule has 0 aromatic carbocycles. The van der Waals surface area contributed by atoms with E-state index in [9.17, 15) is 4.57 Å². The van der Waals surface area contributed by atoms with Crippen LogP contribution in [0, 0.1) is 0 Å². The van der Waals surface area contributed by atoms with Crippen molar-refractivity contribution in [2.75, 3.05) is 32.8 Å². The van der Waals surface area contributed by atoms with E-state index in [2.05, 4.69) is 52.3 Å². The summed E-state index contributed by atoms with van der Waals surface area (Å²) in [6, 6.07) is 1.14. The summed E-state index contributed by atoms with van der Waals surface area (Å²) >= 11 is 0. The van der Waals surface area contributed by atoms with E-state index in [4.69, 9.17) is 4.74 Å². The highest BCUT2D eigenvalue weighted by atomic mass is 31.2. The van der Waals surface area contributed by atoms with Crippen LogP contribution >= 0.6 is 7.44 Å². The van der Waals surface area contributed by atoms with E-state index in [0.717, 1.165) is 38.8 Å². The number of nitrogens with zero attached hydrogens (tertiary/aromatic N) is 4. The fourth-order valence-corrected chi connectivity index (χ4v) is 6.53. The molecule has 0 N–H and O–H groups in total. The normalized spacial score (nSPS) is 13.2. The van der Waals surface area contributed by atoms with E-state index >= 15 is 0 Å². The summed E-state index contributed by atoms with van der Waals surface area (Å²) in [5.41, 5.74) is 0.661. The van der Waals surface area contributed by atoms with E-state index in [1.807, 2.05) is 20.1 Å². The molecule has 0 unspecified atom stereocenters. The van der Waals surface area contributed by atoms with Gasteiger partial charge in [0.2, 0.25) is 0 Å². The van der Waals surface area contributed by atoms with Crippen molar-refractivity contribution < 1.29 is 9.30 Å². The minimum atomic E-state index is -2.85. The molecule has 0 spiro atoms. The second kappa shape index (κ2) is 10.0. The zero-order valence-corrected chi connectivity index (χ0v) is 19.1. The first-order valence-electron chi connectivity index (χ1n) is 9.43. The Balaban J connectivity index is 2.91. The van der Waals surface area contributed by atoms with Gasteiger partial charge in [0.05, 0.1) is 6.33 Å². The van der Waals surface area contributed by atoms with Crippen LogP contribution < -0.4 is 5.44 Å². The standard InChI is InChI=1S/C17H37N4O2PSi/c1-8-20(9-2)24(22,21(10-3)11-4)17-14-19(15-18-17)16-23-12-13-25(5,6)7/h14-15H,8-13,16H2,1-7H3. The lowest BCUT2D eigenvalue weighted by atomic mass is 10.7. The molecule has 0 atom stereocenters. The Morgan fingerprint density at radius 2 is 1.60 bits per heavy atom. The second-order valence-electron chi connectivity index (χ2n) is 7.42. The molecule has 8 heteroatoms. The van der Waals surface area contributed by atoms with Gasteiger partial charge < -0.3 is 9.30 Å². The molecule has 25 heavy (non-hydrogen) atoms. The summed E-state index contributed by atoms with van der Waals surface area (Å²) in [7, 11) is -3.93. The van der Waals surface area contributed by atoms with Crippen LogP contribution in [0.2, 0.25) is 25.7 Å². The highest BCUT2D eigenvalue weighted by Gasteiger charge is 2.38. The molecule has 146 valence electrons. The van der Waals surface area contributed by atoms with Crippen molar-refractivity contribution in [2.24, 2.45) is 0 Å². The Labute approximate surface area is 155 Å². The van der Waals surface area contributed by atoms with Crippen LogP contribution in [0.1, 0.15) is 27.7 Å². The van der Waals surface area contributed by atoms with Crippen LogP contribution in [0.5, 0.6) is 0 Å². The monoisotopic (exact) mass is 388 g/mol. The summed E-state index contributed by atoms with van der Waals surface area (Å²) in [6.45, 7) is 19.4. The predicted octanol–water partition coefficient (Wildman–Crippen LogP) is 3.70. The lowest BCUT2D eigenvalue weighted by Crippen LogP contribution is -2.37. The predicted molar refractivity (Wildman–Crippen MR) is 109 cm³/mol. The van der Waals surface area contributed by atoms with Gasteiger partial charge in [0.25, 0.3) is 7.44 Å². The van der Waals surface area contributed by atoms with E-state index in [-0.39, 0.29) is 0 Å². The Hall–Kier alpha value is -0.463. The van der Waals surface area contributed by atoms with Crippen molar-refractivity contribution >= 4 is 21.0 Å². The van der Waals surface area contributed by atoms with E-state index in [0.29, 0.717) is 12.2 Å². The minimum absolute atomic E-state index is 0.466. The van der Waals surface area contributed by atoms with Crippen LogP contribution in [0.4, 0.5) is 0 Å². The van der Waals surface area contributed by atoms with Crippen molar-refractivity contribution in [1.29, 1.82) is 0 Å². The molecule has 0 saturated heterocycles. The Morgan fingerprint density at radius 1 is 1.08 bits per heavy atom. The Kier molecular flexibility index (Phi) is 9.05. The third kappa shape index (κ3) is 6.03. The first-order valence-corrected chi connectivity index (χ1v) is 14.8. The van der Waals surface area contributed by atoms with Gasteiger partial charge in [-0.3, -0.25) is 4.57 Å². The molecule has 0 aliphatic carbocycles. The third-order valence-corrected chi connectivity index (χ3v) is 9.58. The summed E-state index contributed by atoms with van der Waals surface area (Å²) < 4.78 is 25.7. The van der Waals surface area contributed by atoms with Gasteiger partial charge in [-0.25, -0.2) is 14.3 Å². The third-order valence-electron chi connectivity index (χ3n) is 4.38. The first kappa shape index (κ1) is 22.6. The molecule has 0 saturated carbocycles. The summed E-state index contributed by atoms with van der Waals surface area (Å²) in [4.78, 5) is 4.49. The van der Waals surface area contributed by atoms with Crippen molar-refractivity contribution in [3.8, 4) is 0 Å². The molecular formula is C17H37N4O2PSi. The largest absolute Gasteiger partial charge is 0.361 e. The molecule has 0 radical (unpaired) electrons. The van der Waals surface area contributed by atoms with Crippen LogP contribution in [0.3, 0.4) is 0 Å². The van der Waals surface area contributed by atoms with Crippen molar-refractivity contribution in [2.45, 2.75) is 60.1 Å². The molecular weight excluding hydrogens is 351 g/mol. The Bertz CT molecular complexity index is 535. The zero-order valence-electron chi connectivity index (χ0n) is 17.2. The highest BCUT2D eigenvalue weighted by Crippen LogP contribution is 2.51. The van der Waals surface area contributed by atoms with Gasteiger partial charge in [-0.15, -0.1) is 0 Å². The molecule has 0 amide bonds. The SMILES string of the molecule is CCN(CC)P(=O)(c1cn(COCC[Si](C)(C)C)cn1)N(CC)CC.